The van der Waals surface area contributed by atoms with Crippen molar-refractivity contribution in [3.05, 3.63) is 11.1 Å². The van der Waals surface area contributed by atoms with Gasteiger partial charge in [-0.2, -0.15) is 0 Å². The average molecular weight is 220 g/mol. The molecule has 0 amide bonds. The van der Waals surface area contributed by atoms with Gasteiger partial charge in [-0.3, -0.25) is 4.57 Å². The van der Waals surface area contributed by atoms with Crippen LogP contribution in [0.5, 0.6) is 0 Å². The Balaban J connectivity index is 4.52. The summed E-state index contributed by atoms with van der Waals surface area (Å²) in [7, 11) is -2.89. The maximum atomic E-state index is 12.0. The van der Waals surface area contributed by atoms with Crippen molar-refractivity contribution >= 4 is 7.60 Å². The summed E-state index contributed by atoms with van der Waals surface area (Å²) in [5.41, 5.74) is 2.25. The second-order valence-corrected chi connectivity index (χ2v) is 5.44. The first-order valence-electron chi connectivity index (χ1n) is 4.96. The fourth-order valence-corrected chi connectivity index (χ4v) is 2.91. The third-order valence-corrected chi connectivity index (χ3v) is 4.10. The summed E-state index contributed by atoms with van der Waals surface area (Å²) in [6, 6.07) is 0. The van der Waals surface area contributed by atoms with Crippen LogP contribution in [0.1, 0.15) is 34.6 Å². The Bertz CT molecular complexity index is 232. The Morgan fingerprint density at radius 2 is 1.50 bits per heavy atom. The lowest BCUT2D eigenvalue weighted by Crippen LogP contribution is -2.01. The summed E-state index contributed by atoms with van der Waals surface area (Å²) in [6.07, 6.45) is 0.400. The maximum absolute atomic E-state index is 12.0. The monoisotopic (exact) mass is 220 g/mol. The molecule has 0 aromatic rings. The summed E-state index contributed by atoms with van der Waals surface area (Å²) in [4.78, 5) is 0. The van der Waals surface area contributed by atoms with Crippen LogP contribution in [-0.2, 0) is 13.6 Å². The number of hydrogen-bond acceptors (Lipinski definition) is 3. The molecule has 0 aromatic carbocycles. The zero-order valence-electron chi connectivity index (χ0n) is 9.79. The third-order valence-electron chi connectivity index (χ3n) is 1.94. The van der Waals surface area contributed by atoms with Crippen LogP contribution >= 0.6 is 7.60 Å². The van der Waals surface area contributed by atoms with E-state index in [9.17, 15) is 4.57 Å². The van der Waals surface area contributed by atoms with Crippen molar-refractivity contribution in [1.29, 1.82) is 0 Å². The van der Waals surface area contributed by atoms with E-state index in [1.807, 2.05) is 34.6 Å². The van der Waals surface area contributed by atoms with E-state index in [4.69, 9.17) is 9.05 Å². The topological polar surface area (TPSA) is 35.5 Å². The molecular weight excluding hydrogens is 199 g/mol. The van der Waals surface area contributed by atoms with Crippen molar-refractivity contribution in [3.8, 4) is 0 Å². The molecule has 0 heterocycles. The highest BCUT2D eigenvalue weighted by Crippen LogP contribution is 2.49. The largest absolute Gasteiger partial charge is 0.334 e. The van der Waals surface area contributed by atoms with Gasteiger partial charge in [-0.1, -0.05) is 11.1 Å². The zero-order valence-corrected chi connectivity index (χ0v) is 10.7. The minimum absolute atomic E-state index is 0.400. The predicted octanol–water partition coefficient (Wildman–Crippen LogP) is 3.61. The third kappa shape index (κ3) is 4.94. The molecule has 3 nitrogen and oxygen atoms in total. The van der Waals surface area contributed by atoms with Gasteiger partial charge in [0.25, 0.3) is 0 Å². The quantitative estimate of drug-likeness (QED) is 0.506. The van der Waals surface area contributed by atoms with Crippen molar-refractivity contribution in [2.24, 2.45) is 0 Å². The molecule has 0 aliphatic carbocycles. The lowest BCUT2D eigenvalue weighted by Gasteiger charge is -2.17. The lowest BCUT2D eigenvalue weighted by molar-refractivity contribution is 0.222. The standard InChI is InChI=1S/C10H21O3P/c1-6-12-14(11,13-7-2)8-10(5)9(3)4/h6-8H2,1-5H3. The van der Waals surface area contributed by atoms with E-state index in [1.165, 1.54) is 5.57 Å². The maximum Gasteiger partial charge on any atom is 0.334 e. The molecule has 0 radical (unpaired) electrons. The summed E-state index contributed by atoms with van der Waals surface area (Å²) < 4.78 is 22.4. The van der Waals surface area contributed by atoms with Crippen LogP contribution in [-0.4, -0.2) is 19.4 Å². The van der Waals surface area contributed by atoms with Gasteiger partial charge < -0.3 is 9.05 Å². The molecule has 0 rings (SSSR count). The Hall–Kier alpha value is -0.110. The van der Waals surface area contributed by atoms with Crippen molar-refractivity contribution in [2.45, 2.75) is 34.6 Å². The summed E-state index contributed by atoms with van der Waals surface area (Å²) in [5.74, 6) is 0. The second kappa shape index (κ2) is 6.39. The summed E-state index contributed by atoms with van der Waals surface area (Å²) in [6.45, 7) is 10.4. The van der Waals surface area contributed by atoms with Gasteiger partial charge in [0.1, 0.15) is 0 Å². The van der Waals surface area contributed by atoms with Gasteiger partial charge in [0, 0.05) is 0 Å². The SMILES string of the molecule is CCOP(=O)(CC(C)=C(C)C)OCC. The van der Waals surface area contributed by atoms with E-state index in [2.05, 4.69) is 0 Å². The minimum Gasteiger partial charge on any atom is -0.309 e. The molecule has 0 saturated carbocycles. The van der Waals surface area contributed by atoms with Crippen LogP contribution in [0.4, 0.5) is 0 Å². The van der Waals surface area contributed by atoms with Gasteiger partial charge in [0.05, 0.1) is 19.4 Å². The zero-order chi connectivity index (χ0) is 11.2. The van der Waals surface area contributed by atoms with Crippen LogP contribution in [0, 0.1) is 0 Å². The molecule has 0 unspecified atom stereocenters. The first-order chi connectivity index (χ1) is 6.45. The highest BCUT2D eigenvalue weighted by atomic mass is 31.2. The van der Waals surface area contributed by atoms with Crippen molar-refractivity contribution in [2.75, 3.05) is 19.4 Å². The van der Waals surface area contributed by atoms with Gasteiger partial charge in [0.2, 0.25) is 0 Å². The average Bonchev–Trinajstić information content (AvgIpc) is 2.04. The number of hydrogen-bond donors (Lipinski definition) is 0. The molecule has 4 heteroatoms. The first kappa shape index (κ1) is 13.9. The van der Waals surface area contributed by atoms with E-state index in [1.54, 1.807) is 0 Å². The van der Waals surface area contributed by atoms with Crippen LogP contribution in [0.15, 0.2) is 11.1 Å². The fourth-order valence-electron chi connectivity index (χ4n) is 0.971. The Labute approximate surface area is 87.0 Å². The highest BCUT2D eigenvalue weighted by Gasteiger charge is 2.23. The predicted molar refractivity (Wildman–Crippen MR) is 59.8 cm³/mol. The molecule has 14 heavy (non-hydrogen) atoms. The molecule has 0 aliphatic heterocycles. The van der Waals surface area contributed by atoms with Gasteiger partial charge in [-0.05, 0) is 34.6 Å². The lowest BCUT2D eigenvalue weighted by atomic mass is 10.2. The van der Waals surface area contributed by atoms with Gasteiger partial charge in [-0.25, -0.2) is 0 Å². The molecule has 0 saturated heterocycles. The van der Waals surface area contributed by atoms with Crippen LogP contribution in [0.3, 0.4) is 0 Å². The van der Waals surface area contributed by atoms with E-state index < -0.39 is 7.60 Å². The van der Waals surface area contributed by atoms with E-state index in [-0.39, 0.29) is 0 Å². The molecule has 0 aliphatic rings. The molecule has 0 spiro atoms. The highest BCUT2D eigenvalue weighted by molar-refractivity contribution is 7.54. The Morgan fingerprint density at radius 1 is 1.07 bits per heavy atom. The molecule has 0 bridgehead atoms. The molecule has 0 atom stereocenters. The number of allylic oxidation sites excluding steroid dienone is 2. The first-order valence-corrected chi connectivity index (χ1v) is 6.69. The second-order valence-electron chi connectivity index (χ2n) is 3.38. The van der Waals surface area contributed by atoms with Crippen molar-refractivity contribution in [1.82, 2.24) is 0 Å². The van der Waals surface area contributed by atoms with Crippen LogP contribution in [0.25, 0.3) is 0 Å². The van der Waals surface area contributed by atoms with Crippen molar-refractivity contribution < 1.29 is 13.6 Å². The van der Waals surface area contributed by atoms with Gasteiger partial charge in [-0.15, -0.1) is 0 Å². The molecule has 0 fully saturated rings. The molecule has 84 valence electrons. The van der Waals surface area contributed by atoms with Gasteiger partial charge >= 0.3 is 7.60 Å². The summed E-state index contributed by atoms with van der Waals surface area (Å²) >= 11 is 0. The van der Waals surface area contributed by atoms with E-state index >= 15 is 0 Å². The minimum atomic E-state index is -2.89. The molecule has 0 aromatic heterocycles. The Morgan fingerprint density at radius 3 is 1.79 bits per heavy atom. The summed E-state index contributed by atoms with van der Waals surface area (Å²) in [5, 5.41) is 0. The fraction of sp³-hybridized carbons (Fsp3) is 0.800. The molecular formula is C10H21O3P. The van der Waals surface area contributed by atoms with Crippen LogP contribution < -0.4 is 0 Å². The van der Waals surface area contributed by atoms with Crippen LogP contribution in [0.2, 0.25) is 0 Å². The van der Waals surface area contributed by atoms with E-state index in [0.717, 1.165) is 5.57 Å². The normalized spacial score (nSPS) is 11.5. The number of rotatable bonds is 6. The Kier molecular flexibility index (Phi) is 6.34. The molecule has 0 N–H and O–H groups in total. The smallest absolute Gasteiger partial charge is 0.309 e. The van der Waals surface area contributed by atoms with E-state index in [0.29, 0.717) is 19.4 Å². The van der Waals surface area contributed by atoms with Gasteiger partial charge in [0.15, 0.2) is 0 Å². The van der Waals surface area contributed by atoms with Crippen molar-refractivity contribution in [3.63, 3.8) is 0 Å².